The van der Waals surface area contributed by atoms with E-state index in [4.69, 9.17) is 21.1 Å². The summed E-state index contributed by atoms with van der Waals surface area (Å²) in [7, 11) is 1.59. The number of amides is 1. The highest BCUT2D eigenvalue weighted by Crippen LogP contribution is 2.43. The first-order chi connectivity index (χ1) is 15.9. The van der Waals surface area contributed by atoms with Crippen LogP contribution in [0.15, 0.2) is 59.8 Å². The molecular weight excluding hydrogens is 442 g/mol. The van der Waals surface area contributed by atoms with Crippen LogP contribution in [0, 0.1) is 5.92 Å². The average molecular weight is 470 g/mol. The number of benzene rings is 2. The number of allylic oxidation sites excluding steroid dienone is 1. The first kappa shape index (κ1) is 23.3. The van der Waals surface area contributed by atoms with Gasteiger partial charge in [0.2, 0.25) is 5.91 Å². The molecule has 0 saturated carbocycles. The Hall–Kier alpha value is -2.83. The number of ether oxygens (including phenoxy) is 2. The van der Waals surface area contributed by atoms with Crippen LogP contribution >= 0.6 is 11.6 Å². The van der Waals surface area contributed by atoms with E-state index in [2.05, 4.69) is 0 Å². The van der Waals surface area contributed by atoms with Gasteiger partial charge >= 0.3 is 5.97 Å². The second-order valence-corrected chi connectivity index (χ2v) is 8.98. The van der Waals surface area contributed by atoms with Crippen molar-refractivity contribution in [1.82, 2.24) is 4.90 Å². The zero-order valence-corrected chi connectivity index (χ0v) is 19.5. The first-order valence-corrected chi connectivity index (χ1v) is 11.5. The second kappa shape index (κ2) is 9.98. The molecule has 0 spiro atoms. The van der Waals surface area contributed by atoms with Crippen molar-refractivity contribution in [2.24, 2.45) is 5.92 Å². The fourth-order valence-electron chi connectivity index (χ4n) is 4.97. The van der Waals surface area contributed by atoms with Crippen LogP contribution in [0.25, 0.3) is 0 Å². The maximum Gasteiger partial charge on any atom is 0.333 e. The smallest absolute Gasteiger partial charge is 0.333 e. The van der Waals surface area contributed by atoms with Crippen LogP contribution in [-0.2, 0) is 20.7 Å². The zero-order chi connectivity index (χ0) is 23.5. The third-order valence-corrected chi connectivity index (χ3v) is 6.85. The molecule has 1 N–H and O–H groups in total. The van der Waals surface area contributed by atoms with Gasteiger partial charge in [0.05, 0.1) is 31.2 Å². The number of carboxylic acids is 1. The molecule has 0 bridgehead atoms. The Kier molecular flexibility index (Phi) is 7.05. The summed E-state index contributed by atoms with van der Waals surface area (Å²) in [6, 6.07) is 14.6. The van der Waals surface area contributed by atoms with Crippen molar-refractivity contribution in [1.29, 1.82) is 0 Å². The van der Waals surface area contributed by atoms with Crippen molar-refractivity contribution in [3.05, 3.63) is 76.0 Å². The SMILES string of the molecule is COc1ccccc1CC1C(=O)N(C[C@H]2CCCO2)C(C)=C(C(=O)O)[C@@H]1c1ccc(Cl)cc1. The van der Waals surface area contributed by atoms with Gasteiger partial charge in [-0.15, -0.1) is 0 Å². The summed E-state index contributed by atoms with van der Waals surface area (Å²) in [6.07, 6.45) is 2.07. The predicted molar refractivity (Wildman–Crippen MR) is 125 cm³/mol. The molecule has 1 amide bonds. The molecule has 4 rings (SSSR count). The number of hydrogen-bond donors (Lipinski definition) is 1. The Morgan fingerprint density at radius 1 is 1.21 bits per heavy atom. The number of carboxylic acid groups (broad SMARTS) is 1. The van der Waals surface area contributed by atoms with Crippen molar-refractivity contribution < 1.29 is 24.2 Å². The standard InChI is InChI=1S/C26H28ClNO5/c1-16-23(26(30)31)24(17-9-11-19(27)12-10-17)21(14-18-6-3-4-8-22(18)32-2)25(29)28(16)15-20-7-5-13-33-20/h3-4,6,8-12,20-21,24H,5,7,13-15H2,1-2H3,(H,30,31)/t20-,21?,24-/m1/s1. The van der Waals surface area contributed by atoms with Crippen LogP contribution in [0.2, 0.25) is 5.02 Å². The molecule has 2 aliphatic rings. The Morgan fingerprint density at radius 2 is 1.94 bits per heavy atom. The van der Waals surface area contributed by atoms with E-state index in [1.807, 2.05) is 36.4 Å². The van der Waals surface area contributed by atoms with E-state index in [0.29, 0.717) is 36.0 Å². The number of rotatable bonds is 7. The van der Waals surface area contributed by atoms with E-state index in [1.165, 1.54) is 0 Å². The molecule has 2 aliphatic heterocycles. The Morgan fingerprint density at radius 3 is 2.58 bits per heavy atom. The van der Waals surface area contributed by atoms with Gasteiger partial charge < -0.3 is 19.5 Å². The van der Waals surface area contributed by atoms with Crippen molar-refractivity contribution in [2.75, 3.05) is 20.3 Å². The summed E-state index contributed by atoms with van der Waals surface area (Å²) in [5.41, 5.74) is 2.31. The third kappa shape index (κ3) is 4.77. The van der Waals surface area contributed by atoms with Crippen molar-refractivity contribution >= 4 is 23.5 Å². The number of halogens is 1. The number of carbonyl (C=O) groups excluding carboxylic acids is 1. The lowest BCUT2D eigenvalue weighted by atomic mass is 9.73. The van der Waals surface area contributed by atoms with E-state index < -0.39 is 17.8 Å². The molecule has 0 aliphatic carbocycles. The quantitative estimate of drug-likeness (QED) is 0.637. The number of methoxy groups -OCH3 is 1. The first-order valence-electron chi connectivity index (χ1n) is 11.1. The van der Waals surface area contributed by atoms with Gasteiger partial charge in [-0.25, -0.2) is 4.79 Å². The minimum Gasteiger partial charge on any atom is -0.496 e. The normalized spacial score (nSPS) is 23.2. The maximum absolute atomic E-state index is 13.9. The molecule has 1 saturated heterocycles. The van der Waals surface area contributed by atoms with E-state index in [-0.39, 0.29) is 17.6 Å². The molecule has 0 radical (unpaired) electrons. The minimum atomic E-state index is -1.03. The monoisotopic (exact) mass is 469 g/mol. The van der Waals surface area contributed by atoms with Crippen molar-refractivity contribution in [3.63, 3.8) is 0 Å². The fourth-order valence-corrected chi connectivity index (χ4v) is 5.10. The molecular formula is C26H28ClNO5. The number of aliphatic carboxylic acids is 1. The van der Waals surface area contributed by atoms with E-state index >= 15 is 0 Å². The molecule has 3 atom stereocenters. The Balaban J connectivity index is 1.82. The molecule has 2 aromatic rings. The van der Waals surface area contributed by atoms with Gasteiger partial charge in [-0.2, -0.15) is 0 Å². The zero-order valence-electron chi connectivity index (χ0n) is 18.8. The van der Waals surface area contributed by atoms with Gasteiger partial charge in [-0.1, -0.05) is 41.9 Å². The summed E-state index contributed by atoms with van der Waals surface area (Å²) in [4.78, 5) is 28.1. The molecule has 2 heterocycles. The number of hydrogen-bond acceptors (Lipinski definition) is 4. The second-order valence-electron chi connectivity index (χ2n) is 8.54. The summed E-state index contributed by atoms with van der Waals surface area (Å²) in [5, 5.41) is 10.8. The molecule has 6 nitrogen and oxygen atoms in total. The summed E-state index contributed by atoms with van der Waals surface area (Å²) in [5.74, 6) is -1.67. The largest absolute Gasteiger partial charge is 0.496 e. The lowest BCUT2D eigenvalue weighted by molar-refractivity contribution is -0.139. The molecule has 33 heavy (non-hydrogen) atoms. The number of para-hydroxylation sites is 1. The predicted octanol–water partition coefficient (Wildman–Crippen LogP) is 4.67. The molecule has 0 aromatic heterocycles. The lowest BCUT2D eigenvalue weighted by Crippen LogP contribution is -2.47. The highest BCUT2D eigenvalue weighted by molar-refractivity contribution is 6.30. The van der Waals surface area contributed by atoms with Crippen LogP contribution < -0.4 is 4.74 Å². The summed E-state index contributed by atoms with van der Waals surface area (Å²) < 4.78 is 11.3. The maximum atomic E-state index is 13.9. The number of carbonyl (C=O) groups is 2. The van der Waals surface area contributed by atoms with Gasteiger partial charge in [-0.05, 0) is 55.5 Å². The van der Waals surface area contributed by atoms with Gasteiger partial charge in [-0.3, -0.25) is 4.79 Å². The highest BCUT2D eigenvalue weighted by Gasteiger charge is 2.45. The van der Waals surface area contributed by atoms with Crippen LogP contribution in [-0.4, -0.2) is 48.2 Å². The van der Waals surface area contributed by atoms with Gasteiger partial charge in [0.25, 0.3) is 0 Å². The molecule has 2 aromatic carbocycles. The van der Waals surface area contributed by atoms with Crippen molar-refractivity contribution in [2.45, 2.75) is 38.2 Å². The van der Waals surface area contributed by atoms with Crippen LogP contribution in [0.5, 0.6) is 5.75 Å². The van der Waals surface area contributed by atoms with Crippen LogP contribution in [0.3, 0.4) is 0 Å². The van der Waals surface area contributed by atoms with Crippen LogP contribution in [0.4, 0.5) is 0 Å². The molecule has 1 unspecified atom stereocenters. The Labute approximate surface area is 198 Å². The topological polar surface area (TPSA) is 76.1 Å². The van der Waals surface area contributed by atoms with Crippen molar-refractivity contribution in [3.8, 4) is 5.75 Å². The lowest BCUT2D eigenvalue weighted by Gasteiger charge is -2.40. The number of nitrogens with zero attached hydrogens (tertiary/aromatic N) is 1. The fraction of sp³-hybridized carbons (Fsp3) is 0.385. The average Bonchev–Trinajstić information content (AvgIpc) is 3.32. The van der Waals surface area contributed by atoms with E-state index in [1.54, 1.807) is 31.1 Å². The highest BCUT2D eigenvalue weighted by atomic mass is 35.5. The van der Waals surface area contributed by atoms with Gasteiger partial charge in [0, 0.05) is 23.2 Å². The minimum absolute atomic E-state index is 0.0852. The molecule has 7 heteroatoms. The van der Waals surface area contributed by atoms with E-state index in [0.717, 1.165) is 24.0 Å². The van der Waals surface area contributed by atoms with Gasteiger partial charge in [0.15, 0.2) is 0 Å². The third-order valence-electron chi connectivity index (χ3n) is 6.59. The van der Waals surface area contributed by atoms with E-state index in [9.17, 15) is 14.7 Å². The Bertz CT molecular complexity index is 1060. The van der Waals surface area contributed by atoms with Gasteiger partial charge in [0.1, 0.15) is 5.75 Å². The molecule has 1 fully saturated rings. The summed E-state index contributed by atoms with van der Waals surface area (Å²) in [6.45, 7) is 2.75. The van der Waals surface area contributed by atoms with Crippen LogP contribution in [0.1, 0.15) is 36.8 Å². The summed E-state index contributed by atoms with van der Waals surface area (Å²) >= 11 is 6.10. The molecule has 174 valence electrons.